The van der Waals surface area contributed by atoms with E-state index in [9.17, 15) is 0 Å². The summed E-state index contributed by atoms with van der Waals surface area (Å²) in [5, 5.41) is 0. The van der Waals surface area contributed by atoms with Crippen molar-refractivity contribution in [3.63, 3.8) is 0 Å². The highest BCUT2D eigenvalue weighted by Crippen LogP contribution is 2.44. The van der Waals surface area contributed by atoms with Crippen molar-refractivity contribution in [2.75, 3.05) is 59.5 Å². The van der Waals surface area contributed by atoms with Crippen LogP contribution in [-0.2, 0) is 0 Å². The fraction of sp³-hybridized carbons (Fsp3) is 0.783. The minimum absolute atomic E-state index is 0.642. The lowest BCUT2D eigenvalue weighted by molar-refractivity contribution is 0.234. The van der Waals surface area contributed by atoms with Crippen molar-refractivity contribution in [3.05, 3.63) is 88.0 Å². The molecule has 0 heterocycles. The van der Waals surface area contributed by atoms with E-state index < -0.39 is 0 Å². The molecule has 4 rings (SSSR count). The molecule has 4 aromatic rings. The molecule has 0 aliphatic rings. The standard InChI is InChI=1S/C138H240O9/c1-10-19-28-37-46-55-64-73-82-91-106-139-130-118-127(119-131(140-107-92-83-74-65-56-47-38-29-20-11-2)136(130)145-112-97-88-79-70-61-52-43-34-25-16-7)103-100-124-115-125(101-104-128-120-132(141-108-93-84-75-66-57-48-39-30-21-12-3)137(146-113-98-89-80-71-62-53-44-35-26-17-8)133(121-128)142-109-94-85-76-67-58-49-40-31-22-13-4)117-126(116-124)102-105-129-122-134(143-110-95-86-77-68-59-50-41-32-23-14-5)138(147-114-99-90-81-72-63-54-45-36-27-18-9)135(123-129)144-111-96-87-78-69-60-51-42-33-24-15-6/h100-105,115-123H,10-99,106-114H2,1-9H3/b103-100+,104-101+,105-102+. The van der Waals surface area contributed by atoms with Gasteiger partial charge < -0.3 is 42.6 Å². The number of ether oxygens (including phenoxy) is 9. The van der Waals surface area contributed by atoms with Crippen LogP contribution in [-0.4, -0.2) is 59.5 Å². The lowest BCUT2D eigenvalue weighted by Crippen LogP contribution is -2.07. The maximum Gasteiger partial charge on any atom is 0.203 e. The second-order valence-electron chi connectivity index (χ2n) is 44.7. The molecule has 9 nitrogen and oxygen atoms in total. The Morgan fingerprint density at radius 1 is 0.109 bits per heavy atom. The summed E-state index contributed by atoms with van der Waals surface area (Å²) < 4.78 is 63.5. The number of unbranched alkanes of at least 4 members (excludes halogenated alkanes) is 81. The molecule has 846 valence electrons. The first kappa shape index (κ1) is 134. The highest BCUT2D eigenvalue weighted by atomic mass is 16.6. The molecule has 0 fully saturated rings. The Balaban J connectivity index is 2.02. The number of benzene rings is 4. The van der Waals surface area contributed by atoms with Crippen molar-refractivity contribution in [2.24, 2.45) is 0 Å². The van der Waals surface area contributed by atoms with Gasteiger partial charge in [0.05, 0.1) is 59.5 Å². The molecular formula is C138H240O9. The second-order valence-corrected chi connectivity index (χ2v) is 44.7. The normalized spacial score (nSPS) is 11.7. The molecule has 4 aromatic carbocycles. The smallest absolute Gasteiger partial charge is 0.203 e. The van der Waals surface area contributed by atoms with E-state index in [4.69, 9.17) is 42.6 Å². The summed E-state index contributed by atoms with van der Waals surface area (Å²) in [4.78, 5) is 0. The molecule has 0 amide bonds. The highest BCUT2D eigenvalue weighted by molar-refractivity contribution is 5.81. The van der Waals surface area contributed by atoms with Crippen LogP contribution in [0.1, 0.15) is 674 Å². The van der Waals surface area contributed by atoms with Crippen LogP contribution in [0.5, 0.6) is 51.7 Å². The molecule has 0 atom stereocenters. The van der Waals surface area contributed by atoms with Gasteiger partial charge in [-0.3, -0.25) is 0 Å². The van der Waals surface area contributed by atoms with Crippen molar-refractivity contribution in [2.45, 2.75) is 640 Å². The Kier molecular flexibility index (Phi) is 93.9. The van der Waals surface area contributed by atoms with Crippen LogP contribution in [0.4, 0.5) is 0 Å². The van der Waals surface area contributed by atoms with E-state index >= 15 is 0 Å². The third kappa shape index (κ3) is 77.3. The molecule has 0 bridgehead atoms. The van der Waals surface area contributed by atoms with E-state index in [2.05, 4.69) is 153 Å². The van der Waals surface area contributed by atoms with E-state index in [1.165, 1.54) is 482 Å². The molecule has 0 radical (unpaired) electrons. The molecule has 0 N–H and O–H groups in total. The van der Waals surface area contributed by atoms with Gasteiger partial charge in [0.25, 0.3) is 0 Å². The number of hydrogen-bond acceptors (Lipinski definition) is 9. The van der Waals surface area contributed by atoms with Crippen molar-refractivity contribution in [1.29, 1.82) is 0 Å². The summed E-state index contributed by atoms with van der Waals surface area (Å²) in [5.41, 5.74) is 6.38. The Bertz CT molecular complexity index is 3070. The van der Waals surface area contributed by atoms with E-state index in [1.54, 1.807) is 0 Å². The Morgan fingerprint density at radius 3 is 0.306 bits per heavy atom. The van der Waals surface area contributed by atoms with Crippen molar-refractivity contribution < 1.29 is 42.6 Å². The average Bonchev–Trinajstić information content (AvgIpc) is 0.823. The third-order valence-electron chi connectivity index (χ3n) is 30.3. The summed E-state index contributed by atoms with van der Waals surface area (Å²) in [7, 11) is 0. The Labute approximate surface area is 912 Å². The first-order valence-corrected chi connectivity index (χ1v) is 65.2. The van der Waals surface area contributed by atoms with E-state index in [0.29, 0.717) is 59.5 Å². The van der Waals surface area contributed by atoms with Crippen LogP contribution in [0.3, 0.4) is 0 Å². The molecule has 0 spiro atoms. The van der Waals surface area contributed by atoms with Crippen molar-refractivity contribution in [1.82, 2.24) is 0 Å². The zero-order valence-corrected chi connectivity index (χ0v) is 98.8. The summed E-state index contributed by atoms with van der Waals surface area (Å²) in [6.07, 6.45) is 129. The van der Waals surface area contributed by atoms with Crippen molar-refractivity contribution in [3.8, 4) is 51.7 Å². The molecule has 147 heavy (non-hydrogen) atoms. The van der Waals surface area contributed by atoms with E-state index in [1.807, 2.05) is 0 Å². The monoisotopic (exact) mass is 2040 g/mol. The van der Waals surface area contributed by atoms with Crippen LogP contribution in [0.15, 0.2) is 54.6 Å². The van der Waals surface area contributed by atoms with Gasteiger partial charge in [-0.1, -0.05) is 619 Å². The zero-order chi connectivity index (χ0) is 105. The Morgan fingerprint density at radius 2 is 0.197 bits per heavy atom. The summed E-state index contributed by atoms with van der Waals surface area (Å²) in [5.74, 6) is 7.06. The predicted octanol–water partition coefficient (Wildman–Crippen LogP) is 46.9. The third-order valence-corrected chi connectivity index (χ3v) is 30.3. The van der Waals surface area contributed by atoms with Gasteiger partial charge in [-0.2, -0.15) is 0 Å². The van der Waals surface area contributed by atoms with Gasteiger partial charge in [-0.05, 0) is 146 Å². The minimum Gasteiger partial charge on any atom is -0.490 e. The van der Waals surface area contributed by atoms with Gasteiger partial charge in [0.15, 0.2) is 34.5 Å². The molecule has 9 heteroatoms. The minimum atomic E-state index is 0.642. The second kappa shape index (κ2) is 103. The lowest BCUT2D eigenvalue weighted by atomic mass is 10.0. The van der Waals surface area contributed by atoms with Crippen LogP contribution >= 0.6 is 0 Å². The number of hydrogen-bond donors (Lipinski definition) is 0. The zero-order valence-electron chi connectivity index (χ0n) is 98.8. The van der Waals surface area contributed by atoms with Gasteiger partial charge in [-0.15, -0.1) is 0 Å². The van der Waals surface area contributed by atoms with Crippen LogP contribution in [0.2, 0.25) is 0 Å². The molecular weight excluding hydrogens is 1800 g/mol. The fourth-order valence-electron chi connectivity index (χ4n) is 20.6. The molecule has 0 aliphatic carbocycles. The highest BCUT2D eigenvalue weighted by Gasteiger charge is 2.21. The predicted molar refractivity (Wildman–Crippen MR) is 649 cm³/mol. The van der Waals surface area contributed by atoms with Crippen LogP contribution < -0.4 is 42.6 Å². The quantitative estimate of drug-likeness (QED) is 0.0317. The topological polar surface area (TPSA) is 83.1 Å². The molecule has 0 unspecified atom stereocenters. The van der Waals surface area contributed by atoms with E-state index in [-0.39, 0.29) is 0 Å². The SMILES string of the molecule is CCCCCCCCCCCCOc1cc(/C=C/c2cc(/C=C/c3cc(OCCCCCCCCCCCC)c(OCCCCCCCCCCCC)c(OCCCCCCCCCCCC)c3)cc(/C=C/c3cc(OCCCCCCCCCCCC)c(OCCCCCCCCCCCC)c(OCCCCCCCCCCCC)c3)c2)cc(OCCCCCCCCCCCC)c1OCCCCCCCCCCCC. The van der Waals surface area contributed by atoms with Gasteiger partial charge in [0.1, 0.15) is 0 Å². The van der Waals surface area contributed by atoms with Gasteiger partial charge in [-0.25, -0.2) is 0 Å². The average molecular weight is 2040 g/mol. The maximum absolute atomic E-state index is 7.06. The van der Waals surface area contributed by atoms with Crippen LogP contribution in [0.25, 0.3) is 36.5 Å². The summed E-state index contributed by atoms with van der Waals surface area (Å²) in [6.45, 7) is 26.6. The summed E-state index contributed by atoms with van der Waals surface area (Å²) >= 11 is 0. The van der Waals surface area contributed by atoms with E-state index in [0.717, 1.165) is 181 Å². The molecule has 0 saturated heterocycles. The fourth-order valence-corrected chi connectivity index (χ4v) is 20.6. The Hall–Kier alpha value is -5.70. The maximum atomic E-state index is 7.06. The molecule has 0 aliphatic heterocycles. The summed E-state index contributed by atoms with van der Waals surface area (Å²) in [6, 6.07) is 20.5. The van der Waals surface area contributed by atoms with Gasteiger partial charge in [0.2, 0.25) is 17.2 Å². The largest absolute Gasteiger partial charge is 0.490 e. The lowest BCUT2D eigenvalue weighted by Gasteiger charge is -2.19. The first-order chi connectivity index (χ1) is 72.8. The van der Waals surface area contributed by atoms with Crippen molar-refractivity contribution >= 4 is 36.5 Å². The molecule has 0 saturated carbocycles. The van der Waals surface area contributed by atoms with Gasteiger partial charge >= 0.3 is 0 Å². The first-order valence-electron chi connectivity index (χ1n) is 65.2. The van der Waals surface area contributed by atoms with Gasteiger partial charge in [0, 0.05) is 0 Å². The molecule has 0 aromatic heterocycles. The van der Waals surface area contributed by atoms with Crippen LogP contribution in [0, 0.1) is 0 Å². The number of rotatable bonds is 114.